The Hall–Kier alpha value is -3.07. The third-order valence-corrected chi connectivity index (χ3v) is 4.84. The van der Waals surface area contributed by atoms with Crippen LogP contribution in [0.4, 0.5) is 0 Å². The molecule has 0 saturated heterocycles. The average Bonchev–Trinajstić information content (AvgIpc) is 2.71. The summed E-state index contributed by atoms with van der Waals surface area (Å²) in [6.45, 7) is 3.87. The third kappa shape index (κ3) is 12.8. The van der Waals surface area contributed by atoms with Crippen LogP contribution in [0.2, 0.25) is 0 Å². The van der Waals surface area contributed by atoms with Crippen LogP contribution in [-0.4, -0.2) is 77.1 Å². The quantitative estimate of drug-likeness (QED) is 0.0442. The van der Waals surface area contributed by atoms with Gasteiger partial charge in [-0.05, 0) is 25.2 Å². The first-order valence-electron chi connectivity index (χ1n) is 10.6. The van der Waals surface area contributed by atoms with Gasteiger partial charge < -0.3 is 44.0 Å². The maximum atomic E-state index is 12.9. The molecule has 0 spiro atoms. The summed E-state index contributed by atoms with van der Waals surface area (Å²) in [5.74, 6) is -4.76. The van der Waals surface area contributed by atoms with Gasteiger partial charge in [0.25, 0.3) is 0 Å². The number of nitrogens with two attached hydrogens (primary N) is 4. The molecule has 0 rings (SSSR count). The van der Waals surface area contributed by atoms with E-state index in [1.54, 1.807) is 0 Å². The second-order valence-electron chi connectivity index (χ2n) is 8.06. The lowest BCUT2D eigenvalue weighted by Gasteiger charge is -2.24. The normalized spacial score (nSPS) is 14.3. The minimum absolute atomic E-state index is 0.0252. The lowest BCUT2D eigenvalue weighted by Crippen LogP contribution is -2.58. The first-order valence-corrected chi connectivity index (χ1v) is 11.3. The maximum absolute atomic E-state index is 12.9. The van der Waals surface area contributed by atoms with E-state index in [-0.39, 0.29) is 37.0 Å². The second kappa shape index (κ2) is 15.7. The number of hydrogen-bond donors (Lipinski definition) is 9. The summed E-state index contributed by atoms with van der Waals surface area (Å²) in [7, 11) is 0. The molecule has 0 aliphatic heterocycles. The Morgan fingerprint density at radius 3 is 1.91 bits per heavy atom. The summed E-state index contributed by atoms with van der Waals surface area (Å²) in [6.07, 6.45) is 0.0773. The Bertz CT molecular complexity index is 759. The molecule has 14 nitrogen and oxygen atoms in total. The molecular weight excluding hydrogens is 468 g/mol. The highest BCUT2D eigenvalue weighted by atomic mass is 32.1. The molecule has 15 heteroatoms. The fraction of sp³-hybridized carbons (Fsp3) is 0.684. The standard InChI is InChI=1S/C19H36N8O6S/c1-9(2)6-10(20)15(29)26-12(7-14(21)28)17(31)25-11(4-3-5-24-19(22)23)16(30)27-13(8-34)18(32)33/h9-13,34H,3-8,20H2,1-2H3,(H2,21,28)(H,25,31)(H,26,29)(H,27,30)(H,32,33)(H4,22,23,24). The number of hydrogen-bond acceptors (Lipinski definition) is 8. The summed E-state index contributed by atoms with van der Waals surface area (Å²) in [6, 6.07) is -4.84. The van der Waals surface area contributed by atoms with Crippen molar-refractivity contribution in [2.24, 2.45) is 33.8 Å². The van der Waals surface area contributed by atoms with Gasteiger partial charge in [0.2, 0.25) is 23.6 Å². The topological polar surface area (TPSA) is 258 Å². The van der Waals surface area contributed by atoms with Crippen LogP contribution in [0.15, 0.2) is 4.99 Å². The van der Waals surface area contributed by atoms with E-state index in [2.05, 4.69) is 33.6 Å². The van der Waals surface area contributed by atoms with Gasteiger partial charge in [-0.1, -0.05) is 13.8 Å². The predicted molar refractivity (Wildman–Crippen MR) is 128 cm³/mol. The van der Waals surface area contributed by atoms with Crippen LogP contribution < -0.4 is 38.9 Å². The molecule has 0 aliphatic rings. The fourth-order valence-corrected chi connectivity index (χ4v) is 3.05. The molecule has 34 heavy (non-hydrogen) atoms. The highest BCUT2D eigenvalue weighted by Gasteiger charge is 2.30. The van der Waals surface area contributed by atoms with Crippen molar-refractivity contribution < 1.29 is 29.1 Å². The van der Waals surface area contributed by atoms with Crippen molar-refractivity contribution >= 4 is 48.2 Å². The van der Waals surface area contributed by atoms with E-state index in [4.69, 9.17) is 28.0 Å². The van der Waals surface area contributed by atoms with Crippen molar-refractivity contribution in [1.29, 1.82) is 0 Å². The summed E-state index contributed by atoms with van der Waals surface area (Å²) >= 11 is 3.89. The number of carbonyl (C=O) groups excluding carboxylic acids is 4. The van der Waals surface area contributed by atoms with Gasteiger partial charge in [-0.2, -0.15) is 12.6 Å². The van der Waals surface area contributed by atoms with Crippen LogP contribution >= 0.6 is 12.6 Å². The number of nitrogens with one attached hydrogen (secondary N) is 3. The Morgan fingerprint density at radius 2 is 1.44 bits per heavy atom. The molecule has 0 aromatic heterocycles. The lowest BCUT2D eigenvalue weighted by atomic mass is 10.0. The van der Waals surface area contributed by atoms with Crippen molar-refractivity contribution in [1.82, 2.24) is 16.0 Å². The molecule has 0 fully saturated rings. The van der Waals surface area contributed by atoms with Crippen molar-refractivity contribution in [3.05, 3.63) is 0 Å². The number of carboxylic acids is 1. The number of carboxylic acid groups (broad SMARTS) is 1. The molecule has 0 aromatic carbocycles. The summed E-state index contributed by atoms with van der Waals surface area (Å²) < 4.78 is 0. The van der Waals surface area contributed by atoms with Gasteiger partial charge in [-0.25, -0.2) is 4.79 Å². The van der Waals surface area contributed by atoms with Crippen LogP contribution in [0.25, 0.3) is 0 Å². The van der Waals surface area contributed by atoms with E-state index in [0.717, 1.165) is 0 Å². The van der Waals surface area contributed by atoms with Gasteiger partial charge in [0.05, 0.1) is 12.5 Å². The summed E-state index contributed by atoms with van der Waals surface area (Å²) in [5, 5.41) is 16.2. The molecule has 0 aromatic rings. The van der Waals surface area contributed by atoms with Crippen LogP contribution in [0.1, 0.15) is 39.5 Å². The molecule has 0 saturated carbocycles. The number of primary amides is 1. The molecule has 4 amide bonds. The number of aliphatic imine (C=N–C) groups is 1. The Balaban J connectivity index is 5.54. The molecular formula is C19H36N8O6S. The summed E-state index contributed by atoms with van der Waals surface area (Å²) in [4.78, 5) is 64.4. The number of guanidine groups is 1. The zero-order valence-corrected chi connectivity index (χ0v) is 20.2. The van der Waals surface area contributed by atoms with E-state index in [0.29, 0.717) is 6.42 Å². The van der Waals surface area contributed by atoms with Gasteiger partial charge in [-0.3, -0.25) is 24.2 Å². The number of aliphatic carboxylic acids is 1. The second-order valence-corrected chi connectivity index (χ2v) is 8.42. The molecule has 0 aliphatic carbocycles. The van der Waals surface area contributed by atoms with Crippen LogP contribution in [-0.2, 0) is 24.0 Å². The van der Waals surface area contributed by atoms with E-state index in [9.17, 15) is 24.0 Å². The Morgan fingerprint density at radius 1 is 0.912 bits per heavy atom. The van der Waals surface area contributed by atoms with Crippen molar-refractivity contribution in [3.63, 3.8) is 0 Å². The van der Waals surface area contributed by atoms with Gasteiger partial charge in [0.1, 0.15) is 18.1 Å². The van der Waals surface area contributed by atoms with Gasteiger partial charge in [-0.15, -0.1) is 0 Å². The van der Waals surface area contributed by atoms with Crippen LogP contribution in [0.5, 0.6) is 0 Å². The first kappa shape index (κ1) is 30.9. The zero-order chi connectivity index (χ0) is 26.4. The van der Waals surface area contributed by atoms with Crippen molar-refractivity contribution in [2.75, 3.05) is 12.3 Å². The molecule has 0 heterocycles. The van der Waals surface area contributed by atoms with Crippen molar-refractivity contribution in [2.45, 2.75) is 63.7 Å². The largest absolute Gasteiger partial charge is 0.480 e. The van der Waals surface area contributed by atoms with E-state index in [1.807, 2.05) is 13.8 Å². The number of amides is 4. The summed E-state index contributed by atoms with van der Waals surface area (Å²) in [5.41, 5.74) is 21.6. The highest BCUT2D eigenvalue weighted by Crippen LogP contribution is 2.05. The van der Waals surface area contributed by atoms with Gasteiger partial charge in [0, 0.05) is 12.3 Å². The van der Waals surface area contributed by atoms with Crippen LogP contribution in [0.3, 0.4) is 0 Å². The minimum atomic E-state index is -1.39. The van der Waals surface area contributed by atoms with E-state index < -0.39 is 60.2 Å². The molecule has 194 valence electrons. The SMILES string of the molecule is CC(C)CC(N)C(=O)NC(CC(N)=O)C(=O)NC(CCCN=C(N)N)C(=O)NC(CS)C(=O)O. The van der Waals surface area contributed by atoms with E-state index in [1.165, 1.54) is 0 Å². The maximum Gasteiger partial charge on any atom is 0.327 e. The molecule has 0 radical (unpaired) electrons. The number of carbonyl (C=O) groups is 5. The average molecular weight is 505 g/mol. The smallest absolute Gasteiger partial charge is 0.327 e. The number of thiol groups is 1. The fourth-order valence-electron chi connectivity index (χ4n) is 2.81. The Kier molecular flexibility index (Phi) is 14.3. The van der Waals surface area contributed by atoms with Crippen LogP contribution in [0, 0.1) is 5.92 Å². The zero-order valence-electron chi connectivity index (χ0n) is 19.3. The van der Waals surface area contributed by atoms with E-state index >= 15 is 0 Å². The van der Waals surface area contributed by atoms with Crippen molar-refractivity contribution in [3.8, 4) is 0 Å². The number of rotatable bonds is 16. The van der Waals surface area contributed by atoms with Gasteiger partial charge >= 0.3 is 5.97 Å². The molecule has 4 unspecified atom stereocenters. The highest BCUT2D eigenvalue weighted by molar-refractivity contribution is 7.80. The Labute approximate surface area is 203 Å². The monoisotopic (exact) mass is 504 g/mol. The first-order chi connectivity index (χ1) is 15.8. The molecule has 12 N–H and O–H groups in total. The minimum Gasteiger partial charge on any atom is -0.480 e. The molecule has 4 atom stereocenters. The molecule has 0 bridgehead atoms. The lowest BCUT2D eigenvalue weighted by molar-refractivity contribution is -0.141. The third-order valence-electron chi connectivity index (χ3n) is 4.48. The predicted octanol–water partition coefficient (Wildman–Crippen LogP) is -3.24. The van der Waals surface area contributed by atoms with Gasteiger partial charge in [0.15, 0.2) is 5.96 Å². The number of nitrogens with zero attached hydrogens (tertiary/aromatic N) is 1.